The molecule has 0 saturated heterocycles. The van der Waals surface area contributed by atoms with Crippen molar-refractivity contribution in [2.45, 2.75) is 45.3 Å². The Labute approximate surface area is 243 Å². The van der Waals surface area contributed by atoms with Gasteiger partial charge in [0.15, 0.2) is 0 Å². The Morgan fingerprint density at radius 1 is 0.878 bits per heavy atom. The van der Waals surface area contributed by atoms with Crippen LogP contribution in [0.2, 0.25) is 0 Å². The van der Waals surface area contributed by atoms with Crippen LogP contribution in [0.3, 0.4) is 0 Å². The molecule has 3 aromatic rings. The van der Waals surface area contributed by atoms with E-state index in [9.17, 15) is 18.0 Å². The van der Waals surface area contributed by atoms with Crippen LogP contribution in [0.5, 0.6) is 11.5 Å². The normalized spacial score (nSPS) is 12.6. The molecule has 9 nitrogen and oxygen atoms in total. The highest BCUT2D eigenvalue weighted by atomic mass is 32.2. The minimum atomic E-state index is -3.87. The van der Waals surface area contributed by atoms with E-state index in [4.69, 9.17) is 9.47 Å². The number of nitrogens with one attached hydrogen (secondary N) is 1. The van der Waals surface area contributed by atoms with Gasteiger partial charge in [-0.3, -0.25) is 13.9 Å². The zero-order valence-electron chi connectivity index (χ0n) is 24.2. The molecule has 0 spiro atoms. The maximum absolute atomic E-state index is 14.2. The minimum absolute atomic E-state index is 0.0666. The fourth-order valence-corrected chi connectivity index (χ4v) is 5.18. The molecule has 0 aliphatic carbocycles. The number of carbonyl (C=O) groups excluding carboxylic acids is 2. The van der Waals surface area contributed by atoms with E-state index in [0.717, 1.165) is 21.7 Å². The molecule has 1 N–H and O–H groups in total. The number of carbonyl (C=O) groups is 2. The van der Waals surface area contributed by atoms with Crippen LogP contribution in [0.4, 0.5) is 5.69 Å². The van der Waals surface area contributed by atoms with Crippen molar-refractivity contribution < 1.29 is 27.5 Å². The van der Waals surface area contributed by atoms with E-state index in [0.29, 0.717) is 17.9 Å². The average Bonchev–Trinajstić information content (AvgIpc) is 2.97. The van der Waals surface area contributed by atoms with Crippen molar-refractivity contribution in [2.75, 3.05) is 31.3 Å². The van der Waals surface area contributed by atoms with Crippen LogP contribution >= 0.6 is 0 Å². The molecular weight excluding hydrogens is 542 g/mol. The number of sulfonamides is 1. The summed E-state index contributed by atoms with van der Waals surface area (Å²) in [5, 5.41) is 3.02. The number of rotatable bonds is 14. The molecule has 220 valence electrons. The number of methoxy groups -OCH3 is 2. The molecule has 0 radical (unpaired) electrons. The number of nitrogens with zero attached hydrogens (tertiary/aromatic N) is 2. The summed E-state index contributed by atoms with van der Waals surface area (Å²) in [7, 11) is -0.838. The van der Waals surface area contributed by atoms with Crippen LogP contribution < -0.4 is 19.1 Å². The van der Waals surface area contributed by atoms with Crippen molar-refractivity contribution >= 4 is 27.5 Å². The zero-order chi connectivity index (χ0) is 30.0. The first-order valence-electron chi connectivity index (χ1n) is 13.4. The van der Waals surface area contributed by atoms with Gasteiger partial charge in [-0.25, -0.2) is 8.42 Å². The molecule has 0 unspecified atom stereocenters. The third kappa shape index (κ3) is 8.97. The van der Waals surface area contributed by atoms with Gasteiger partial charge >= 0.3 is 0 Å². The first kappa shape index (κ1) is 31.5. The highest BCUT2D eigenvalue weighted by molar-refractivity contribution is 7.92. The lowest BCUT2D eigenvalue weighted by atomic mass is 10.0. The minimum Gasteiger partial charge on any atom is -0.497 e. The molecule has 0 aliphatic rings. The third-order valence-corrected chi connectivity index (χ3v) is 7.92. The second-order valence-electron chi connectivity index (χ2n) is 9.87. The third-order valence-electron chi connectivity index (χ3n) is 6.78. The van der Waals surface area contributed by atoms with Gasteiger partial charge in [0.2, 0.25) is 21.8 Å². The van der Waals surface area contributed by atoms with Gasteiger partial charge in [-0.05, 0) is 48.7 Å². The van der Waals surface area contributed by atoms with E-state index >= 15 is 0 Å². The van der Waals surface area contributed by atoms with Crippen LogP contribution in [0, 0.1) is 0 Å². The van der Waals surface area contributed by atoms with Crippen molar-refractivity contribution in [2.24, 2.45) is 0 Å². The van der Waals surface area contributed by atoms with Gasteiger partial charge in [0.25, 0.3) is 0 Å². The van der Waals surface area contributed by atoms with E-state index in [1.807, 2.05) is 50.2 Å². The van der Waals surface area contributed by atoms with E-state index in [1.54, 1.807) is 49.6 Å². The van der Waals surface area contributed by atoms with Gasteiger partial charge < -0.3 is 19.7 Å². The molecular formula is C31H39N3O6S. The fraction of sp³-hybridized carbons (Fsp3) is 0.355. The molecule has 0 aliphatic heterocycles. The number of ether oxygens (including phenoxy) is 2. The van der Waals surface area contributed by atoms with E-state index in [1.165, 1.54) is 12.0 Å². The molecule has 0 aromatic heterocycles. The quantitative estimate of drug-likeness (QED) is 0.308. The van der Waals surface area contributed by atoms with Gasteiger partial charge in [0.05, 0.1) is 26.2 Å². The van der Waals surface area contributed by atoms with E-state index in [2.05, 4.69) is 5.32 Å². The smallest absolute Gasteiger partial charge is 0.244 e. The van der Waals surface area contributed by atoms with E-state index in [-0.39, 0.29) is 30.6 Å². The lowest BCUT2D eigenvalue weighted by Crippen LogP contribution is -2.54. The standard InChI is InChI=1S/C31H39N3O6S/c1-6-23(2)32-31(36)29(19-24-12-8-7-9-13-24)33(21-25-14-10-16-27(18-25)39-3)30(35)22-34(41(5,37)38)26-15-11-17-28(20-26)40-4/h7-18,20,23,29H,6,19,21-22H2,1-5H3,(H,32,36)/t23-,29+/m0/s1. The van der Waals surface area contributed by atoms with Crippen molar-refractivity contribution in [1.29, 1.82) is 0 Å². The van der Waals surface area contributed by atoms with Crippen LogP contribution in [-0.4, -0.2) is 64.2 Å². The molecule has 0 heterocycles. The van der Waals surface area contributed by atoms with Crippen LogP contribution in [0.25, 0.3) is 0 Å². The second-order valence-corrected chi connectivity index (χ2v) is 11.8. The van der Waals surface area contributed by atoms with Crippen molar-refractivity contribution in [3.63, 3.8) is 0 Å². The largest absolute Gasteiger partial charge is 0.497 e. The summed E-state index contributed by atoms with van der Waals surface area (Å²) in [5.41, 5.74) is 1.89. The van der Waals surface area contributed by atoms with Crippen molar-refractivity contribution in [3.8, 4) is 11.5 Å². The maximum atomic E-state index is 14.2. The Morgan fingerprint density at radius 2 is 1.49 bits per heavy atom. The first-order chi connectivity index (χ1) is 19.5. The summed E-state index contributed by atoms with van der Waals surface area (Å²) < 4.78 is 37.5. The molecule has 2 amide bonds. The SMILES string of the molecule is CC[C@H](C)NC(=O)[C@@H](Cc1ccccc1)N(Cc1cccc(OC)c1)C(=O)CN(c1cccc(OC)c1)S(C)(=O)=O. The molecule has 2 atom stereocenters. The first-order valence-corrected chi connectivity index (χ1v) is 15.3. The van der Waals surface area contributed by atoms with Crippen LogP contribution in [0.1, 0.15) is 31.4 Å². The lowest BCUT2D eigenvalue weighted by Gasteiger charge is -2.34. The second kappa shape index (κ2) is 14.5. The van der Waals surface area contributed by atoms with Gasteiger partial charge in [0.1, 0.15) is 24.1 Å². The number of amides is 2. The summed E-state index contributed by atoms with van der Waals surface area (Å²) in [5.74, 6) is 0.215. The average molecular weight is 582 g/mol. The molecule has 3 rings (SSSR count). The van der Waals surface area contributed by atoms with Crippen LogP contribution in [0.15, 0.2) is 78.9 Å². The molecule has 0 saturated carbocycles. The molecule has 10 heteroatoms. The number of hydrogen-bond donors (Lipinski definition) is 1. The maximum Gasteiger partial charge on any atom is 0.244 e. The summed E-state index contributed by atoms with van der Waals surface area (Å²) >= 11 is 0. The monoisotopic (exact) mass is 581 g/mol. The number of benzene rings is 3. The Balaban J connectivity index is 2.08. The predicted octanol–water partition coefficient (Wildman–Crippen LogP) is 4.02. The zero-order valence-corrected chi connectivity index (χ0v) is 25.1. The van der Waals surface area contributed by atoms with Gasteiger partial charge in [-0.1, -0.05) is 55.5 Å². The Kier molecular flexibility index (Phi) is 11.2. The molecule has 0 bridgehead atoms. The topological polar surface area (TPSA) is 105 Å². The van der Waals surface area contributed by atoms with Gasteiger partial charge in [-0.2, -0.15) is 0 Å². The summed E-state index contributed by atoms with van der Waals surface area (Å²) in [6, 6.07) is 22.1. The van der Waals surface area contributed by atoms with Gasteiger partial charge in [-0.15, -0.1) is 0 Å². The van der Waals surface area contributed by atoms with Crippen LogP contribution in [-0.2, 0) is 32.6 Å². The molecule has 0 fully saturated rings. The summed E-state index contributed by atoms with van der Waals surface area (Å²) in [6.07, 6.45) is 2.01. The summed E-state index contributed by atoms with van der Waals surface area (Å²) in [6.45, 7) is 3.43. The Bertz CT molecular complexity index is 1410. The predicted molar refractivity (Wildman–Crippen MR) is 161 cm³/mol. The number of hydrogen-bond acceptors (Lipinski definition) is 6. The Morgan fingerprint density at radius 3 is 2.10 bits per heavy atom. The van der Waals surface area contributed by atoms with E-state index < -0.39 is 28.5 Å². The lowest BCUT2D eigenvalue weighted by molar-refractivity contribution is -0.140. The summed E-state index contributed by atoms with van der Waals surface area (Å²) in [4.78, 5) is 29.3. The van der Waals surface area contributed by atoms with Crippen molar-refractivity contribution in [1.82, 2.24) is 10.2 Å². The molecule has 3 aromatic carbocycles. The highest BCUT2D eigenvalue weighted by Crippen LogP contribution is 2.25. The molecule has 41 heavy (non-hydrogen) atoms. The Hall–Kier alpha value is -4.05. The highest BCUT2D eigenvalue weighted by Gasteiger charge is 2.33. The van der Waals surface area contributed by atoms with Crippen molar-refractivity contribution in [3.05, 3.63) is 90.0 Å². The fourth-order valence-electron chi connectivity index (χ4n) is 4.34. The number of anilines is 1. The van der Waals surface area contributed by atoms with Gasteiger partial charge in [0, 0.05) is 25.1 Å².